The van der Waals surface area contributed by atoms with E-state index >= 15 is 0 Å². The molecule has 168 valence electrons. The Morgan fingerprint density at radius 2 is 1.97 bits per heavy atom. The van der Waals surface area contributed by atoms with Gasteiger partial charge in [0.05, 0.1) is 22.0 Å². The Balaban J connectivity index is 1.71. The molecular weight excluding hydrogens is 443 g/mol. The number of hydrogen-bond donors (Lipinski definition) is 2. The molecule has 1 saturated carbocycles. The number of carboxylic acids is 1. The summed E-state index contributed by atoms with van der Waals surface area (Å²) in [5.41, 5.74) is -2.19. The highest BCUT2D eigenvalue weighted by Gasteiger charge is 2.54. The van der Waals surface area contributed by atoms with E-state index < -0.39 is 46.1 Å². The number of amides is 1. The molecule has 1 amide bonds. The van der Waals surface area contributed by atoms with Crippen molar-refractivity contribution in [3.63, 3.8) is 0 Å². The fourth-order valence-electron chi connectivity index (χ4n) is 4.63. The quantitative estimate of drug-likeness (QED) is 0.659. The molecule has 2 aromatic rings. The average Bonchev–Trinajstić information content (AvgIpc) is 2.71. The third kappa shape index (κ3) is 3.37. The van der Waals surface area contributed by atoms with Crippen molar-refractivity contribution >= 4 is 29.3 Å². The highest BCUT2D eigenvalue weighted by Crippen LogP contribution is 2.48. The summed E-state index contributed by atoms with van der Waals surface area (Å²) in [6.07, 6.45) is 1.38. The van der Waals surface area contributed by atoms with Gasteiger partial charge in [-0.1, -0.05) is 23.7 Å². The summed E-state index contributed by atoms with van der Waals surface area (Å²) < 4.78 is 15.5. The number of likely N-dealkylation sites (N-methyl/N-ethyl adjacent to an activating group) is 1. The van der Waals surface area contributed by atoms with Gasteiger partial charge in [0, 0.05) is 26.2 Å². The predicted molar refractivity (Wildman–Crippen MR) is 112 cm³/mol. The minimum atomic E-state index is -0.985. The molecule has 2 aliphatic rings. The first-order valence-corrected chi connectivity index (χ1v) is 10.4. The van der Waals surface area contributed by atoms with E-state index in [2.05, 4.69) is 0 Å². The van der Waals surface area contributed by atoms with Gasteiger partial charge in [0.15, 0.2) is 17.2 Å². The van der Waals surface area contributed by atoms with Crippen molar-refractivity contribution in [2.45, 2.75) is 31.2 Å². The Labute approximate surface area is 186 Å². The van der Waals surface area contributed by atoms with Gasteiger partial charge < -0.3 is 19.7 Å². The molecule has 8 nitrogen and oxygen atoms in total. The van der Waals surface area contributed by atoms with Gasteiger partial charge in [0.25, 0.3) is 5.91 Å². The first-order chi connectivity index (χ1) is 15.1. The van der Waals surface area contributed by atoms with Crippen molar-refractivity contribution in [1.29, 1.82) is 0 Å². The van der Waals surface area contributed by atoms with Crippen LogP contribution in [0.5, 0.6) is 5.75 Å². The Morgan fingerprint density at radius 1 is 1.28 bits per heavy atom. The Kier molecular flexibility index (Phi) is 5.32. The van der Waals surface area contributed by atoms with Gasteiger partial charge in [0.1, 0.15) is 5.82 Å². The lowest BCUT2D eigenvalue weighted by atomic mass is 9.66. The largest absolute Gasteiger partial charge is 0.503 e. The predicted octanol–water partition coefficient (Wildman–Crippen LogP) is 2.44. The van der Waals surface area contributed by atoms with E-state index in [9.17, 15) is 33.8 Å². The molecular formula is C22H20ClFN2O6. The van der Waals surface area contributed by atoms with Crippen molar-refractivity contribution < 1.29 is 29.0 Å². The molecule has 1 spiro atoms. The second-order valence-electron chi connectivity index (χ2n) is 8.40. The van der Waals surface area contributed by atoms with E-state index in [0.29, 0.717) is 0 Å². The van der Waals surface area contributed by atoms with Crippen molar-refractivity contribution in [2.75, 3.05) is 13.6 Å². The van der Waals surface area contributed by atoms with E-state index in [4.69, 9.17) is 11.6 Å². The number of fused-ring (bicyclic) bond motifs is 2. The maximum absolute atomic E-state index is 14.1. The summed E-state index contributed by atoms with van der Waals surface area (Å²) in [6.45, 7) is 0.187. The number of hydrogen-bond acceptors (Lipinski definition) is 5. The molecule has 0 saturated heterocycles. The zero-order chi connectivity index (χ0) is 23.4. The number of halogens is 2. The highest BCUT2D eigenvalue weighted by atomic mass is 35.5. The molecule has 32 heavy (non-hydrogen) atoms. The number of Topliss-reactive ketones (excluding diaryl/α,β-unsaturated/α-hetero) is 1. The number of carbonyl (C=O) groups excluding carboxylic acids is 2. The maximum atomic E-state index is 14.1. The second kappa shape index (κ2) is 7.74. The Bertz CT molecular complexity index is 1220. The fourth-order valence-corrected chi connectivity index (χ4v) is 4.83. The van der Waals surface area contributed by atoms with Crippen molar-refractivity contribution in [2.24, 2.45) is 5.92 Å². The Morgan fingerprint density at radius 3 is 2.62 bits per heavy atom. The number of ketones is 1. The number of pyridine rings is 1. The van der Waals surface area contributed by atoms with Crippen LogP contribution in [0.4, 0.5) is 4.39 Å². The molecule has 1 aromatic carbocycles. The van der Waals surface area contributed by atoms with Gasteiger partial charge in [-0.15, -0.1) is 0 Å². The number of carbonyl (C=O) groups is 3. The fraction of sp³-hybridized carbons (Fsp3) is 0.364. The molecule has 0 unspecified atom stereocenters. The molecule has 0 radical (unpaired) electrons. The zero-order valence-electron chi connectivity index (χ0n) is 17.1. The van der Waals surface area contributed by atoms with Crippen LogP contribution in [0.3, 0.4) is 0 Å². The van der Waals surface area contributed by atoms with E-state index in [1.165, 1.54) is 34.8 Å². The highest BCUT2D eigenvalue weighted by molar-refractivity contribution is 6.30. The lowest BCUT2D eigenvalue weighted by Gasteiger charge is -2.52. The molecule has 2 heterocycles. The minimum absolute atomic E-state index is 0.0128. The molecule has 1 fully saturated rings. The molecule has 2 N–H and O–H groups in total. The molecule has 0 bridgehead atoms. The monoisotopic (exact) mass is 462 g/mol. The van der Waals surface area contributed by atoms with Crippen LogP contribution in [0, 0.1) is 11.7 Å². The van der Waals surface area contributed by atoms with E-state index in [1.807, 2.05) is 0 Å². The number of nitrogens with zero attached hydrogens (tertiary/aromatic N) is 2. The van der Waals surface area contributed by atoms with Crippen molar-refractivity contribution in [3.8, 4) is 5.75 Å². The summed E-state index contributed by atoms with van der Waals surface area (Å²) in [6, 6.07) is 4.41. The van der Waals surface area contributed by atoms with Crippen molar-refractivity contribution in [1.82, 2.24) is 9.47 Å². The molecule has 0 atom stereocenters. The third-order valence-electron chi connectivity index (χ3n) is 6.33. The van der Waals surface area contributed by atoms with E-state index in [1.54, 1.807) is 6.07 Å². The second-order valence-corrected chi connectivity index (χ2v) is 8.81. The standard InChI is InChI=1S/C22H20ClFN2O6/c1-25-10-22(7-12(8-22)21(31)32)26-9-13(18(28)19(29)17(26)20(25)30)15(27)6-5-11-3-2-4-14(23)16(11)24/h2-4,9,12,29H,5-8,10H2,1H3,(H,31,32). The van der Waals surface area contributed by atoms with E-state index in [-0.39, 0.29) is 54.1 Å². The first-order valence-electron chi connectivity index (χ1n) is 9.99. The minimum Gasteiger partial charge on any atom is -0.503 e. The molecule has 4 rings (SSSR count). The number of rotatable bonds is 5. The molecule has 10 heteroatoms. The number of benzene rings is 1. The van der Waals surface area contributed by atoms with Crippen LogP contribution < -0.4 is 5.43 Å². The van der Waals surface area contributed by atoms with Crippen LogP contribution in [0.2, 0.25) is 5.02 Å². The summed E-state index contributed by atoms with van der Waals surface area (Å²) in [7, 11) is 1.50. The van der Waals surface area contributed by atoms with Crippen LogP contribution >= 0.6 is 11.6 Å². The number of aromatic hydroxyl groups is 1. The zero-order valence-corrected chi connectivity index (χ0v) is 17.9. The van der Waals surface area contributed by atoms with Crippen LogP contribution in [0.25, 0.3) is 0 Å². The normalized spacial score (nSPS) is 21.9. The van der Waals surface area contributed by atoms with Crippen LogP contribution in [-0.2, 0) is 16.8 Å². The van der Waals surface area contributed by atoms with Gasteiger partial charge >= 0.3 is 5.97 Å². The van der Waals surface area contributed by atoms with Crippen LogP contribution in [0.15, 0.2) is 29.2 Å². The van der Waals surface area contributed by atoms with Crippen LogP contribution in [0.1, 0.15) is 45.7 Å². The topological polar surface area (TPSA) is 117 Å². The maximum Gasteiger partial charge on any atom is 0.306 e. The summed E-state index contributed by atoms with van der Waals surface area (Å²) in [5.74, 6) is -4.31. The first kappa shape index (κ1) is 22.0. The number of aromatic nitrogens is 1. The van der Waals surface area contributed by atoms with E-state index in [0.717, 1.165) is 0 Å². The average molecular weight is 463 g/mol. The van der Waals surface area contributed by atoms with Gasteiger partial charge in [-0.3, -0.25) is 19.2 Å². The molecule has 1 aromatic heterocycles. The van der Waals surface area contributed by atoms with Gasteiger partial charge in [-0.25, -0.2) is 4.39 Å². The summed E-state index contributed by atoms with van der Waals surface area (Å²) >= 11 is 5.76. The summed E-state index contributed by atoms with van der Waals surface area (Å²) in [4.78, 5) is 50.9. The third-order valence-corrected chi connectivity index (χ3v) is 6.62. The Hall–Kier alpha value is -3.20. The smallest absolute Gasteiger partial charge is 0.306 e. The van der Waals surface area contributed by atoms with Gasteiger partial charge in [0.2, 0.25) is 5.43 Å². The number of aryl methyl sites for hydroxylation is 1. The number of carboxylic acid groups (broad SMARTS) is 1. The lowest BCUT2D eigenvalue weighted by Crippen LogP contribution is -2.60. The van der Waals surface area contributed by atoms with Crippen LogP contribution in [-0.4, -0.2) is 50.9 Å². The SMILES string of the molecule is CN1CC2(CC(C(=O)O)C2)n2cc(C(=O)CCc3cccc(Cl)c3F)c(=O)c(O)c2C1=O. The summed E-state index contributed by atoms with van der Waals surface area (Å²) in [5, 5.41) is 19.7. The lowest BCUT2D eigenvalue weighted by molar-refractivity contribution is -0.150. The molecule has 1 aliphatic carbocycles. The van der Waals surface area contributed by atoms with Gasteiger partial charge in [-0.05, 0) is 30.9 Å². The number of aliphatic carboxylic acids is 1. The van der Waals surface area contributed by atoms with Crippen molar-refractivity contribution in [3.05, 3.63) is 62.3 Å². The van der Waals surface area contributed by atoms with Gasteiger partial charge in [-0.2, -0.15) is 0 Å². The molecule has 1 aliphatic heterocycles.